The Kier molecular flexibility index (Phi) is 4.33. The second-order valence-electron chi connectivity index (χ2n) is 4.26. The summed E-state index contributed by atoms with van der Waals surface area (Å²) in [5, 5.41) is 9.15. The highest BCUT2D eigenvalue weighted by Crippen LogP contribution is 2.26. The number of hydrazine groups is 1. The van der Waals surface area contributed by atoms with E-state index in [0.29, 0.717) is 5.92 Å². The number of nitrogens with two attached hydrogens (primary N) is 1. The third kappa shape index (κ3) is 2.53. The molecule has 3 N–H and O–H groups in total. The number of hydrogen-bond acceptors (Lipinski definition) is 3. The maximum atomic E-state index is 9.15. The van der Waals surface area contributed by atoms with Gasteiger partial charge in [-0.3, -0.25) is 5.84 Å². The molecule has 0 bridgehead atoms. The minimum Gasteiger partial charge on any atom is -0.324 e. The number of nitriles is 1. The van der Waals surface area contributed by atoms with Crippen LogP contribution in [0.3, 0.4) is 0 Å². The van der Waals surface area contributed by atoms with Crippen LogP contribution in [0.1, 0.15) is 49.8 Å². The summed E-state index contributed by atoms with van der Waals surface area (Å²) in [6, 6.07) is 6.26. The van der Waals surface area contributed by atoms with E-state index in [4.69, 9.17) is 11.1 Å². The second kappa shape index (κ2) is 5.53. The first-order valence-corrected chi connectivity index (χ1v) is 5.67. The van der Waals surface area contributed by atoms with Gasteiger partial charge in [0, 0.05) is 0 Å². The molecule has 16 heavy (non-hydrogen) atoms. The van der Waals surface area contributed by atoms with Crippen molar-refractivity contribution >= 4 is 5.69 Å². The molecule has 0 radical (unpaired) electrons. The van der Waals surface area contributed by atoms with Crippen molar-refractivity contribution in [3.05, 3.63) is 28.8 Å². The maximum absolute atomic E-state index is 9.15. The summed E-state index contributed by atoms with van der Waals surface area (Å²) in [5.41, 5.74) is 6.48. The van der Waals surface area contributed by atoms with E-state index in [1.807, 2.05) is 12.1 Å². The molecule has 0 spiro atoms. The average Bonchev–Trinajstić information content (AvgIpc) is 2.29. The van der Waals surface area contributed by atoms with Crippen LogP contribution < -0.4 is 11.3 Å². The van der Waals surface area contributed by atoms with Crippen molar-refractivity contribution in [1.82, 2.24) is 0 Å². The highest BCUT2D eigenvalue weighted by molar-refractivity contribution is 5.60. The Morgan fingerprint density at radius 1 is 1.44 bits per heavy atom. The molecule has 0 fully saturated rings. The van der Waals surface area contributed by atoms with E-state index in [9.17, 15) is 0 Å². The lowest BCUT2D eigenvalue weighted by Gasteiger charge is -2.14. The lowest BCUT2D eigenvalue weighted by Crippen LogP contribution is -2.11. The van der Waals surface area contributed by atoms with Gasteiger partial charge in [-0.2, -0.15) is 5.26 Å². The topological polar surface area (TPSA) is 61.8 Å². The predicted molar refractivity (Wildman–Crippen MR) is 67.1 cm³/mol. The summed E-state index contributed by atoms with van der Waals surface area (Å²) in [6.07, 6.45) is 1.88. The van der Waals surface area contributed by atoms with Gasteiger partial charge in [0.15, 0.2) is 0 Å². The third-order valence-corrected chi connectivity index (χ3v) is 2.71. The monoisotopic (exact) mass is 217 g/mol. The number of nitrogens with one attached hydrogen (secondary N) is 1. The molecule has 0 unspecified atom stereocenters. The van der Waals surface area contributed by atoms with Crippen LogP contribution in [0.2, 0.25) is 0 Å². The van der Waals surface area contributed by atoms with Crippen molar-refractivity contribution in [3.63, 3.8) is 0 Å². The predicted octanol–water partition coefficient (Wildman–Crippen LogP) is 2.92. The highest BCUT2D eigenvalue weighted by atomic mass is 15.2. The molecule has 0 aliphatic carbocycles. The van der Waals surface area contributed by atoms with Gasteiger partial charge in [-0.05, 0) is 35.6 Å². The average molecular weight is 217 g/mol. The van der Waals surface area contributed by atoms with Gasteiger partial charge in [0.2, 0.25) is 0 Å². The van der Waals surface area contributed by atoms with E-state index in [0.717, 1.165) is 35.2 Å². The number of nitrogen functional groups attached to an aromatic ring is 1. The second-order valence-corrected chi connectivity index (χ2v) is 4.26. The number of nitrogens with zero attached hydrogens (tertiary/aromatic N) is 1. The Morgan fingerprint density at radius 2 is 2.12 bits per heavy atom. The SMILES string of the molecule is CCCc1c(C#N)cc(C(C)C)cc1NN. The van der Waals surface area contributed by atoms with E-state index in [2.05, 4.69) is 32.3 Å². The molecule has 3 heteroatoms. The summed E-state index contributed by atoms with van der Waals surface area (Å²) in [6.45, 7) is 6.31. The van der Waals surface area contributed by atoms with Crippen LogP contribution in [-0.4, -0.2) is 0 Å². The van der Waals surface area contributed by atoms with Crippen molar-refractivity contribution in [2.24, 2.45) is 5.84 Å². The summed E-state index contributed by atoms with van der Waals surface area (Å²) in [7, 11) is 0. The van der Waals surface area contributed by atoms with E-state index in [-0.39, 0.29) is 0 Å². The zero-order chi connectivity index (χ0) is 12.1. The Balaban J connectivity index is 3.32. The van der Waals surface area contributed by atoms with Gasteiger partial charge in [0.1, 0.15) is 0 Å². The number of rotatable bonds is 4. The molecule has 86 valence electrons. The first kappa shape index (κ1) is 12.5. The van der Waals surface area contributed by atoms with E-state index in [1.54, 1.807) is 0 Å². The fourth-order valence-corrected chi connectivity index (χ4v) is 1.78. The van der Waals surface area contributed by atoms with E-state index in [1.165, 1.54) is 0 Å². The third-order valence-electron chi connectivity index (χ3n) is 2.71. The fraction of sp³-hybridized carbons (Fsp3) is 0.462. The molecule has 0 heterocycles. The molecule has 0 atom stereocenters. The van der Waals surface area contributed by atoms with Crippen LogP contribution in [0.25, 0.3) is 0 Å². The van der Waals surface area contributed by atoms with Crippen LogP contribution in [0.5, 0.6) is 0 Å². The summed E-state index contributed by atoms with van der Waals surface area (Å²) in [5.74, 6) is 5.91. The van der Waals surface area contributed by atoms with E-state index >= 15 is 0 Å². The van der Waals surface area contributed by atoms with Crippen molar-refractivity contribution in [3.8, 4) is 6.07 Å². The molecule has 0 amide bonds. The Labute approximate surface area is 97.2 Å². The van der Waals surface area contributed by atoms with Gasteiger partial charge < -0.3 is 5.43 Å². The number of benzene rings is 1. The quantitative estimate of drug-likeness (QED) is 0.602. The Bertz CT molecular complexity index is 402. The van der Waals surface area contributed by atoms with Crippen LogP contribution in [0.15, 0.2) is 12.1 Å². The van der Waals surface area contributed by atoms with Crippen LogP contribution in [0.4, 0.5) is 5.69 Å². The summed E-state index contributed by atoms with van der Waals surface area (Å²) in [4.78, 5) is 0. The van der Waals surface area contributed by atoms with Crippen LogP contribution >= 0.6 is 0 Å². The standard InChI is InChI=1S/C13H19N3/c1-4-5-12-11(8-14)6-10(9(2)3)7-13(12)16-15/h6-7,9,16H,4-5,15H2,1-3H3. The maximum Gasteiger partial charge on any atom is 0.0995 e. The molecule has 1 aromatic carbocycles. The molecule has 0 aromatic heterocycles. The Hall–Kier alpha value is -1.53. The van der Waals surface area contributed by atoms with Crippen molar-refractivity contribution in [1.29, 1.82) is 5.26 Å². The molecule has 0 aliphatic heterocycles. The number of anilines is 1. The lowest BCUT2D eigenvalue weighted by molar-refractivity contribution is 0.859. The minimum absolute atomic E-state index is 0.398. The smallest absolute Gasteiger partial charge is 0.0995 e. The largest absolute Gasteiger partial charge is 0.324 e. The fourth-order valence-electron chi connectivity index (χ4n) is 1.78. The molecule has 3 nitrogen and oxygen atoms in total. The van der Waals surface area contributed by atoms with Crippen LogP contribution in [0, 0.1) is 11.3 Å². The van der Waals surface area contributed by atoms with Crippen molar-refractivity contribution < 1.29 is 0 Å². The molecule has 1 aromatic rings. The van der Waals surface area contributed by atoms with E-state index < -0.39 is 0 Å². The summed E-state index contributed by atoms with van der Waals surface area (Å²) >= 11 is 0. The minimum atomic E-state index is 0.398. The normalized spacial score (nSPS) is 10.2. The first-order valence-electron chi connectivity index (χ1n) is 5.67. The van der Waals surface area contributed by atoms with Crippen molar-refractivity contribution in [2.45, 2.75) is 39.5 Å². The first-order chi connectivity index (χ1) is 7.63. The lowest BCUT2D eigenvalue weighted by atomic mass is 9.94. The van der Waals surface area contributed by atoms with Gasteiger partial charge in [-0.25, -0.2) is 0 Å². The summed E-state index contributed by atoms with van der Waals surface area (Å²) < 4.78 is 0. The molecular formula is C13H19N3. The molecule has 0 aliphatic rings. The molecule has 0 saturated heterocycles. The zero-order valence-electron chi connectivity index (χ0n) is 10.2. The van der Waals surface area contributed by atoms with Gasteiger partial charge in [-0.15, -0.1) is 0 Å². The Morgan fingerprint density at radius 3 is 2.56 bits per heavy atom. The van der Waals surface area contributed by atoms with Gasteiger partial charge >= 0.3 is 0 Å². The van der Waals surface area contributed by atoms with Crippen LogP contribution in [-0.2, 0) is 6.42 Å². The molecule has 0 saturated carbocycles. The van der Waals surface area contributed by atoms with Crippen molar-refractivity contribution in [2.75, 3.05) is 5.43 Å². The molecule has 1 rings (SSSR count). The number of hydrogen-bond donors (Lipinski definition) is 2. The molecular weight excluding hydrogens is 198 g/mol. The van der Waals surface area contributed by atoms with Gasteiger partial charge in [0.25, 0.3) is 0 Å². The van der Waals surface area contributed by atoms with Gasteiger partial charge in [0.05, 0.1) is 17.3 Å². The zero-order valence-corrected chi connectivity index (χ0v) is 10.2. The van der Waals surface area contributed by atoms with Gasteiger partial charge in [-0.1, -0.05) is 27.2 Å². The highest BCUT2D eigenvalue weighted by Gasteiger charge is 2.11.